The quantitative estimate of drug-likeness (QED) is 0.218. The molecule has 0 aliphatic heterocycles. The zero-order valence-corrected chi connectivity index (χ0v) is 23.1. The number of esters is 1. The van der Waals surface area contributed by atoms with Crippen LogP contribution in [0.4, 0.5) is 24.8 Å². The lowest BCUT2D eigenvalue weighted by atomic mass is 10.0. The lowest BCUT2D eigenvalue weighted by Crippen LogP contribution is -2.37. The van der Waals surface area contributed by atoms with Crippen LogP contribution in [-0.2, 0) is 26.1 Å². The van der Waals surface area contributed by atoms with E-state index in [-0.39, 0.29) is 23.8 Å². The van der Waals surface area contributed by atoms with E-state index in [4.69, 9.17) is 10.5 Å². The number of anilines is 2. The number of nitrogens with zero attached hydrogens (tertiary/aromatic N) is 6. The van der Waals surface area contributed by atoms with E-state index >= 15 is 4.39 Å². The van der Waals surface area contributed by atoms with Crippen molar-refractivity contribution in [3.63, 3.8) is 0 Å². The van der Waals surface area contributed by atoms with Crippen LogP contribution in [0.3, 0.4) is 0 Å². The van der Waals surface area contributed by atoms with Gasteiger partial charge in [-0.1, -0.05) is 6.07 Å². The topological polar surface area (TPSA) is 137 Å². The Morgan fingerprint density at radius 2 is 1.85 bits per heavy atom. The number of nitrogens with two attached hydrogens (primary N) is 1. The summed E-state index contributed by atoms with van der Waals surface area (Å²) >= 11 is 0. The second-order valence-electron chi connectivity index (χ2n) is 9.00. The second kappa shape index (κ2) is 11.9. The molecule has 0 atom stereocenters. The van der Waals surface area contributed by atoms with E-state index in [1.807, 2.05) is 6.92 Å². The summed E-state index contributed by atoms with van der Waals surface area (Å²) in [4.78, 5) is 20.7. The standard InChI is InChI=1S/C26H26F3N7O4S/c1-4-35-13-18(20-10-11-31-26(30)32-20)25(33-35)17-6-5-7-21(24(17)29)36(15-40-23(37)14-34(2)3)41(38,39)22-12-16(27)8-9-19(22)28/h5-13H,4,14-15H2,1-3H3,(H2,30,31,32). The molecule has 4 rings (SSSR count). The molecule has 0 bridgehead atoms. The first-order valence-electron chi connectivity index (χ1n) is 12.2. The summed E-state index contributed by atoms with van der Waals surface area (Å²) in [6, 6.07) is 7.19. The smallest absolute Gasteiger partial charge is 0.321 e. The predicted molar refractivity (Wildman–Crippen MR) is 144 cm³/mol. The average molecular weight is 590 g/mol. The van der Waals surface area contributed by atoms with Crippen molar-refractivity contribution in [1.82, 2.24) is 24.6 Å². The van der Waals surface area contributed by atoms with Gasteiger partial charge in [0.1, 0.15) is 22.2 Å². The summed E-state index contributed by atoms with van der Waals surface area (Å²) in [5.41, 5.74) is 5.81. The summed E-state index contributed by atoms with van der Waals surface area (Å²) in [7, 11) is -1.83. The number of aromatic nitrogens is 4. The summed E-state index contributed by atoms with van der Waals surface area (Å²) < 4.78 is 79.2. The Balaban J connectivity index is 1.88. The molecule has 0 spiro atoms. The number of likely N-dealkylation sites (N-methyl/N-ethyl adjacent to an activating group) is 1. The molecular weight excluding hydrogens is 563 g/mol. The Morgan fingerprint density at radius 1 is 1.10 bits per heavy atom. The third kappa shape index (κ3) is 6.30. The number of sulfonamides is 1. The van der Waals surface area contributed by atoms with Crippen LogP contribution in [0.25, 0.3) is 22.5 Å². The fraction of sp³-hybridized carbons (Fsp3) is 0.231. The number of rotatable bonds is 10. The zero-order valence-electron chi connectivity index (χ0n) is 22.3. The first kappa shape index (κ1) is 29.5. The summed E-state index contributed by atoms with van der Waals surface area (Å²) in [5.74, 6) is -4.26. The molecule has 0 radical (unpaired) electrons. The minimum Gasteiger partial charge on any atom is -0.442 e. The molecule has 0 saturated carbocycles. The Hall–Kier alpha value is -4.50. The molecule has 0 aliphatic carbocycles. The van der Waals surface area contributed by atoms with Crippen molar-refractivity contribution in [2.45, 2.75) is 18.4 Å². The van der Waals surface area contributed by atoms with Gasteiger partial charge in [-0.25, -0.2) is 35.9 Å². The number of carbonyl (C=O) groups excluding carboxylic acids is 1. The highest BCUT2D eigenvalue weighted by atomic mass is 32.2. The van der Waals surface area contributed by atoms with Crippen molar-refractivity contribution in [3.05, 3.63) is 72.3 Å². The maximum Gasteiger partial charge on any atom is 0.321 e. The van der Waals surface area contributed by atoms with Crippen molar-refractivity contribution in [1.29, 1.82) is 0 Å². The molecule has 2 heterocycles. The first-order chi connectivity index (χ1) is 19.4. The van der Waals surface area contributed by atoms with E-state index < -0.39 is 50.8 Å². The predicted octanol–water partition coefficient (Wildman–Crippen LogP) is 3.28. The fourth-order valence-corrected chi connectivity index (χ4v) is 5.29. The molecule has 2 aromatic heterocycles. The van der Waals surface area contributed by atoms with Gasteiger partial charge in [0.2, 0.25) is 5.95 Å². The van der Waals surface area contributed by atoms with Gasteiger partial charge in [-0.15, -0.1) is 0 Å². The van der Waals surface area contributed by atoms with Gasteiger partial charge in [-0.2, -0.15) is 5.10 Å². The average Bonchev–Trinajstić information content (AvgIpc) is 3.35. The fourth-order valence-electron chi connectivity index (χ4n) is 3.89. The highest BCUT2D eigenvalue weighted by Gasteiger charge is 2.33. The van der Waals surface area contributed by atoms with Gasteiger partial charge < -0.3 is 10.5 Å². The molecule has 0 saturated heterocycles. The number of hydrogen-bond acceptors (Lipinski definition) is 9. The Bertz CT molecular complexity index is 1700. The van der Waals surface area contributed by atoms with Crippen LogP contribution < -0.4 is 10.0 Å². The normalized spacial score (nSPS) is 11.6. The van der Waals surface area contributed by atoms with Gasteiger partial charge in [0.15, 0.2) is 12.5 Å². The van der Waals surface area contributed by atoms with E-state index in [0.717, 1.165) is 12.1 Å². The molecule has 4 aromatic rings. The van der Waals surface area contributed by atoms with Crippen molar-refractivity contribution in [2.75, 3.05) is 37.4 Å². The monoisotopic (exact) mass is 589 g/mol. The Labute approximate surface area is 234 Å². The molecule has 0 unspecified atom stereocenters. The first-order valence-corrected chi connectivity index (χ1v) is 13.6. The van der Waals surface area contributed by atoms with E-state index in [0.29, 0.717) is 34.2 Å². The molecule has 216 valence electrons. The van der Waals surface area contributed by atoms with Crippen LogP contribution in [0.5, 0.6) is 0 Å². The van der Waals surface area contributed by atoms with Crippen LogP contribution >= 0.6 is 0 Å². The summed E-state index contributed by atoms with van der Waals surface area (Å²) in [5, 5.41) is 4.43. The van der Waals surface area contributed by atoms with Gasteiger partial charge in [0, 0.05) is 30.1 Å². The number of nitrogen functional groups attached to an aromatic ring is 1. The van der Waals surface area contributed by atoms with Gasteiger partial charge in [-0.05, 0) is 57.4 Å². The molecule has 2 aromatic carbocycles. The maximum absolute atomic E-state index is 16.3. The van der Waals surface area contributed by atoms with Gasteiger partial charge in [0.05, 0.1) is 17.9 Å². The lowest BCUT2D eigenvalue weighted by Gasteiger charge is -2.25. The van der Waals surface area contributed by atoms with Crippen LogP contribution in [0, 0.1) is 17.5 Å². The molecule has 2 N–H and O–H groups in total. The third-order valence-corrected chi connectivity index (χ3v) is 7.54. The van der Waals surface area contributed by atoms with Crippen LogP contribution in [-0.4, -0.2) is 66.4 Å². The lowest BCUT2D eigenvalue weighted by molar-refractivity contribution is -0.143. The summed E-state index contributed by atoms with van der Waals surface area (Å²) in [6.07, 6.45) is 3.03. The van der Waals surface area contributed by atoms with Crippen LogP contribution in [0.15, 0.2) is 59.8 Å². The molecule has 15 heteroatoms. The number of carbonyl (C=O) groups is 1. The van der Waals surface area contributed by atoms with Gasteiger partial charge >= 0.3 is 5.97 Å². The van der Waals surface area contributed by atoms with Crippen molar-refractivity contribution in [3.8, 4) is 22.5 Å². The van der Waals surface area contributed by atoms with Crippen molar-refractivity contribution >= 4 is 27.6 Å². The van der Waals surface area contributed by atoms with E-state index in [1.165, 1.54) is 27.9 Å². The van der Waals surface area contributed by atoms with Crippen LogP contribution in [0.2, 0.25) is 0 Å². The molecule has 0 aliphatic rings. The highest BCUT2D eigenvalue weighted by Crippen LogP contribution is 2.37. The number of aryl methyl sites for hydroxylation is 1. The van der Waals surface area contributed by atoms with Gasteiger partial charge in [-0.3, -0.25) is 14.4 Å². The molecule has 0 fully saturated rings. The van der Waals surface area contributed by atoms with Crippen molar-refractivity contribution < 1.29 is 31.1 Å². The molecule has 0 amide bonds. The minimum atomic E-state index is -5.00. The number of benzene rings is 2. The maximum atomic E-state index is 16.3. The molecule has 11 nitrogen and oxygen atoms in total. The Morgan fingerprint density at radius 3 is 2.54 bits per heavy atom. The number of ether oxygens (including phenoxy) is 1. The molecule has 41 heavy (non-hydrogen) atoms. The highest BCUT2D eigenvalue weighted by molar-refractivity contribution is 7.92. The summed E-state index contributed by atoms with van der Waals surface area (Å²) in [6.45, 7) is 0.982. The number of halogens is 3. The van der Waals surface area contributed by atoms with E-state index in [1.54, 1.807) is 26.4 Å². The van der Waals surface area contributed by atoms with Gasteiger partial charge in [0.25, 0.3) is 10.0 Å². The Kier molecular flexibility index (Phi) is 8.58. The SMILES string of the molecule is CCn1cc(-c2ccnc(N)n2)c(-c2cccc(N(COC(=O)CN(C)C)S(=O)(=O)c3cc(F)ccc3F)c2F)n1. The van der Waals surface area contributed by atoms with E-state index in [9.17, 15) is 22.0 Å². The van der Waals surface area contributed by atoms with Crippen molar-refractivity contribution in [2.24, 2.45) is 0 Å². The largest absolute Gasteiger partial charge is 0.442 e. The second-order valence-corrected chi connectivity index (χ2v) is 10.8. The minimum absolute atomic E-state index is 0.0270. The zero-order chi connectivity index (χ0) is 29.9. The molecular formula is C26H26F3N7O4S. The third-order valence-electron chi connectivity index (χ3n) is 5.79. The van der Waals surface area contributed by atoms with E-state index in [2.05, 4.69) is 15.1 Å². The van der Waals surface area contributed by atoms with Crippen LogP contribution in [0.1, 0.15) is 6.92 Å². The number of hydrogen-bond donors (Lipinski definition) is 1.